The summed E-state index contributed by atoms with van der Waals surface area (Å²) in [7, 11) is -3.44. The predicted molar refractivity (Wildman–Crippen MR) is 64.2 cm³/mol. The molecular formula is C9H11N3O3S2. The van der Waals surface area contributed by atoms with Crippen molar-refractivity contribution in [3.05, 3.63) is 11.6 Å². The van der Waals surface area contributed by atoms with Crippen molar-refractivity contribution in [3.8, 4) is 6.07 Å². The van der Waals surface area contributed by atoms with Crippen LogP contribution in [0.5, 0.6) is 0 Å². The fourth-order valence-electron chi connectivity index (χ4n) is 1.08. The van der Waals surface area contributed by atoms with E-state index in [9.17, 15) is 13.2 Å². The first-order valence-corrected chi connectivity index (χ1v) is 7.50. The van der Waals surface area contributed by atoms with Crippen LogP contribution in [-0.4, -0.2) is 30.8 Å². The van der Waals surface area contributed by atoms with Crippen molar-refractivity contribution in [1.29, 1.82) is 5.26 Å². The maximum Gasteiger partial charge on any atom is 0.241 e. The number of anilines is 1. The van der Waals surface area contributed by atoms with Crippen LogP contribution in [0.1, 0.15) is 12.8 Å². The molecule has 0 atom stereocenters. The van der Waals surface area contributed by atoms with Crippen LogP contribution in [0.25, 0.3) is 0 Å². The van der Waals surface area contributed by atoms with Gasteiger partial charge in [-0.15, -0.1) is 11.3 Å². The van der Waals surface area contributed by atoms with Gasteiger partial charge in [0.1, 0.15) is 5.75 Å². The van der Waals surface area contributed by atoms with Crippen LogP contribution in [0.15, 0.2) is 11.6 Å². The number of unbranched alkanes of at least 4 members (excludes halogenated alkanes) is 1. The van der Waals surface area contributed by atoms with Crippen molar-refractivity contribution in [1.82, 2.24) is 4.98 Å². The maximum atomic E-state index is 11.5. The molecule has 1 N–H and O–H groups in total. The Hall–Kier alpha value is -1.46. The van der Waals surface area contributed by atoms with Crippen LogP contribution < -0.4 is 5.32 Å². The number of nitrogens with one attached hydrogen (secondary N) is 1. The predicted octanol–water partition coefficient (Wildman–Crippen LogP) is 0.800. The van der Waals surface area contributed by atoms with Gasteiger partial charge in [-0.05, 0) is 6.42 Å². The first-order chi connectivity index (χ1) is 8.03. The van der Waals surface area contributed by atoms with Gasteiger partial charge in [-0.1, -0.05) is 0 Å². The number of sulfone groups is 1. The smallest absolute Gasteiger partial charge is 0.241 e. The number of aromatic nitrogens is 1. The summed E-state index contributed by atoms with van der Waals surface area (Å²) >= 11 is 1.22. The van der Waals surface area contributed by atoms with E-state index >= 15 is 0 Å². The zero-order valence-corrected chi connectivity index (χ0v) is 10.6. The fraction of sp³-hybridized carbons (Fsp3) is 0.444. The van der Waals surface area contributed by atoms with Crippen molar-refractivity contribution in [2.75, 3.05) is 16.8 Å². The summed E-state index contributed by atoms with van der Waals surface area (Å²) < 4.78 is 22.9. The quantitative estimate of drug-likeness (QED) is 0.773. The molecule has 0 saturated carbocycles. The number of hydrogen-bond donors (Lipinski definition) is 1. The molecule has 1 rings (SSSR count). The van der Waals surface area contributed by atoms with Crippen LogP contribution >= 0.6 is 11.3 Å². The Morgan fingerprint density at radius 2 is 2.35 bits per heavy atom. The molecule has 1 heterocycles. The fourth-order valence-corrected chi connectivity index (χ4v) is 2.83. The average molecular weight is 273 g/mol. The van der Waals surface area contributed by atoms with Crippen LogP contribution in [0.3, 0.4) is 0 Å². The summed E-state index contributed by atoms with van der Waals surface area (Å²) in [5.41, 5.74) is 0. The summed E-state index contributed by atoms with van der Waals surface area (Å²) in [4.78, 5) is 15.2. The zero-order chi connectivity index (χ0) is 12.7. The zero-order valence-electron chi connectivity index (χ0n) is 8.92. The number of hydrogen-bond acceptors (Lipinski definition) is 6. The number of rotatable bonds is 6. The lowest BCUT2D eigenvalue weighted by atomic mass is 10.4. The molecule has 0 aromatic carbocycles. The van der Waals surface area contributed by atoms with Gasteiger partial charge in [0.25, 0.3) is 0 Å². The summed E-state index contributed by atoms with van der Waals surface area (Å²) in [5.74, 6) is -1.32. The summed E-state index contributed by atoms with van der Waals surface area (Å²) in [6, 6.07) is 1.86. The van der Waals surface area contributed by atoms with E-state index in [0.29, 0.717) is 5.13 Å². The van der Waals surface area contributed by atoms with E-state index in [2.05, 4.69) is 10.3 Å². The van der Waals surface area contributed by atoms with E-state index in [1.165, 1.54) is 17.5 Å². The molecule has 0 aliphatic carbocycles. The number of amides is 1. The van der Waals surface area contributed by atoms with Gasteiger partial charge in [0.2, 0.25) is 5.91 Å². The molecule has 92 valence electrons. The van der Waals surface area contributed by atoms with Crippen molar-refractivity contribution >= 4 is 32.2 Å². The van der Waals surface area contributed by atoms with Crippen molar-refractivity contribution in [2.45, 2.75) is 12.8 Å². The van der Waals surface area contributed by atoms with E-state index in [-0.39, 0.29) is 18.6 Å². The van der Waals surface area contributed by atoms with Crippen molar-refractivity contribution in [3.63, 3.8) is 0 Å². The van der Waals surface area contributed by atoms with Crippen molar-refractivity contribution in [2.24, 2.45) is 0 Å². The highest BCUT2D eigenvalue weighted by Gasteiger charge is 2.16. The van der Waals surface area contributed by atoms with Crippen LogP contribution in [0, 0.1) is 11.3 Å². The molecule has 0 aliphatic rings. The summed E-state index contributed by atoms with van der Waals surface area (Å²) in [6.07, 6.45) is 1.94. The molecule has 8 heteroatoms. The number of carbonyl (C=O) groups is 1. The Balaban J connectivity index is 2.42. The number of thiazole rings is 1. The Labute approximate surface area is 103 Å². The molecular weight excluding hydrogens is 262 g/mol. The lowest BCUT2D eigenvalue weighted by Gasteiger charge is -2.02. The number of nitriles is 1. The Bertz CT molecular complexity index is 502. The highest BCUT2D eigenvalue weighted by molar-refractivity contribution is 7.92. The van der Waals surface area contributed by atoms with E-state index in [1.807, 2.05) is 6.07 Å². The third kappa shape index (κ3) is 5.42. The lowest BCUT2D eigenvalue weighted by Crippen LogP contribution is -2.24. The second-order valence-corrected chi connectivity index (χ2v) is 6.32. The first kappa shape index (κ1) is 13.6. The highest BCUT2D eigenvalue weighted by atomic mass is 32.2. The molecule has 0 spiro atoms. The molecule has 1 aromatic rings. The molecule has 1 aromatic heterocycles. The van der Waals surface area contributed by atoms with Gasteiger partial charge >= 0.3 is 0 Å². The van der Waals surface area contributed by atoms with Gasteiger partial charge in [-0.25, -0.2) is 13.4 Å². The SMILES string of the molecule is N#CCCCS(=O)(=O)CC(=O)Nc1nccs1. The van der Waals surface area contributed by atoms with Crippen LogP contribution in [-0.2, 0) is 14.6 Å². The Morgan fingerprint density at radius 1 is 1.59 bits per heavy atom. The van der Waals surface area contributed by atoms with Gasteiger partial charge in [-0.2, -0.15) is 5.26 Å². The van der Waals surface area contributed by atoms with Crippen LogP contribution in [0.2, 0.25) is 0 Å². The van der Waals surface area contributed by atoms with Gasteiger partial charge in [-0.3, -0.25) is 4.79 Å². The molecule has 0 aliphatic heterocycles. The van der Waals surface area contributed by atoms with E-state index < -0.39 is 21.5 Å². The van der Waals surface area contributed by atoms with Gasteiger partial charge < -0.3 is 5.32 Å². The topological polar surface area (TPSA) is 99.9 Å². The van der Waals surface area contributed by atoms with Gasteiger partial charge in [0.05, 0.1) is 11.8 Å². The molecule has 17 heavy (non-hydrogen) atoms. The molecule has 6 nitrogen and oxygen atoms in total. The monoisotopic (exact) mass is 273 g/mol. The van der Waals surface area contributed by atoms with E-state index in [1.54, 1.807) is 5.38 Å². The minimum atomic E-state index is -3.44. The molecule has 0 unspecified atom stereocenters. The normalized spacial score (nSPS) is 10.8. The minimum absolute atomic E-state index is 0.147. The van der Waals surface area contributed by atoms with Gasteiger partial charge in [0.15, 0.2) is 15.0 Å². The van der Waals surface area contributed by atoms with Crippen molar-refractivity contribution < 1.29 is 13.2 Å². The standard InChI is InChI=1S/C9H11N3O3S2/c10-3-1-2-6-17(14,15)7-8(13)12-9-11-4-5-16-9/h4-5H,1-2,6-7H2,(H,11,12,13). The summed E-state index contributed by atoms with van der Waals surface area (Å²) in [5, 5.41) is 12.7. The third-order valence-corrected chi connectivity index (χ3v) is 4.07. The first-order valence-electron chi connectivity index (χ1n) is 4.80. The third-order valence-electron chi connectivity index (χ3n) is 1.77. The average Bonchev–Trinajstić information content (AvgIpc) is 2.69. The lowest BCUT2D eigenvalue weighted by molar-refractivity contribution is -0.113. The minimum Gasteiger partial charge on any atom is -0.301 e. The summed E-state index contributed by atoms with van der Waals surface area (Å²) in [6.45, 7) is 0. The highest BCUT2D eigenvalue weighted by Crippen LogP contribution is 2.10. The molecule has 0 bridgehead atoms. The molecule has 0 saturated heterocycles. The Morgan fingerprint density at radius 3 is 2.94 bits per heavy atom. The molecule has 1 amide bonds. The second kappa shape index (κ2) is 6.32. The number of nitrogens with zero attached hydrogens (tertiary/aromatic N) is 2. The Kier molecular flexibility index (Phi) is 5.06. The molecule has 0 radical (unpaired) electrons. The molecule has 0 fully saturated rings. The van der Waals surface area contributed by atoms with E-state index in [0.717, 1.165) is 0 Å². The number of carbonyl (C=O) groups excluding carboxylic acids is 1. The van der Waals surface area contributed by atoms with E-state index in [4.69, 9.17) is 5.26 Å². The van der Waals surface area contributed by atoms with Crippen LogP contribution in [0.4, 0.5) is 5.13 Å². The maximum absolute atomic E-state index is 11.5. The van der Waals surface area contributed by atoms with Gasteiger partial charge in [0, 0.05) is 18.0 Å². The largest absolute Gasteiger partial charge is 0.301 e. The second-order valence-electron chi connectivity index (χ2n) is 3.24.